The predicted octanol–water partition coefficient (Wildman–Crippen LogP) is 3.87. The van der Waals surface area contributed by atoms with Gasteiger partial charge in [-0.25, -0.2) is 0 Å². The van der Waals surface area contributed by atoms with Crippen LogP contribution in [0.15, 0.2) is 96.1 Å². The van der Waals surface area contributed by atoms with Gasteiger partial charge in [-0.2, -0.15) is 0 Å². The van der Waals surface area contributed by atoms with Gasteiger partial charge in [-0.15, -0.1) is 0 Å². The standard InChI is InChI=1S/C58H83N5O22/c1-67-32-77-50-41(23-47(64)61-27-45-54(81-36-71-5)58(76-31-40-21-15-10-16-22-40)52(79-34-69-3)43(85-45)25-49(66)73-7)83-44(53(80-35-70-4)56(50)74-29-38-17-11-8-12-18-38)26-60-48(65)24-42-51(78-33-68-2)57(75-30-39-19-13-9-14-20-39)55(82-37-72-6)46(84-42)28-62-63-59/h8-22,41-46,50-58H,23-37H2,1-7H3,(H,60,65)(H,61,64)/t41-,42-,43-,44-,45-,46-,50+,51+,52+,53-,54-,55-,56-,57-,58-/m1/s1. The minimum absolute atomic E-state index is 0.0852. The molecule has 3 saturated heterocycles. The molecule has 6 rings (SSSR count). The molecule has 0 spiro atoms. The summed E-state index contributed by atoms with van der Waals surface area (Å²) >= 11 is 0. The highest BCUT2D eigenvalue weighted by molar-refractivity contribution is 5.77. The molecule has 3 aliphatic rings. The molecule has 3 fully saturated rings. The van der Waals surface area contributed by atoms with Crippen LogP contribution in [0.4, 0.5) is 0 Å². The van der Waals surface area contributed by atoms with Gasteiger partial charge in [-0.1, -0.05) is 96.1 Å². The van der Waals surface area contributed by atoms with Crippen LogP contribution in [-0.2, 0) is 124 Å². The van der Waals surface area contributed by atoms with Crippen molar-refractivity contribution in [1.29, 1.82) is 0 Å². The Hall–Kier alpha value is -5.34. The van der Waals surface area contributed by atoms with Gasteiger partial charge in [-0.05, 0) is 22.2 Å². The molecule has 2 N–H and O–H groups in total. The van der Waals surface area contributed by atoms with Gasteiger partial charge in [0.1, 0.15) is 108 Å². The van der Waals surface area contributed by atoms with E-state index in [4.69, 9.17) is 90.0 Å². The van der Waals surface area contributed by atoms with Gasteiger partial charge in [0.2, 0.25) is 11.8 Å². The predicted molar refractivity (Wildman–Crippen MR) is 297 cm³/mol. The highest BCUT2D eigenvalue weighted by atomic mass is 16.7. The summed E-state index contributed by atoms with van der Waals surface area (Å²) in [6.07, 6.45) is -15.2. The monoisotopic (exact) mass is 1200 g/mol. The van der Waals surface area contributed by atoms with Crippen LogP contribution in [0.2, 0.25) is 0 Å². The lowest BCUT2D eigenvalue weighted by molar-refractivity contribution is -0.283. The van der Waals surface area contributed by atoms with E-state index in [-0.39, 0.29) is 99.5 Å². The van der Waals surface area contributed by atoms with Crippen molar-refractivity contribution in [2.45, 2.75) is 131 Å². The number of hydrogen-bond donors (Lipinski definition) is 2. The number of benzene rings is 3. The number of carbonyl (C=O) groups is 3. The van der Waals surface area contributed by atoms with E-state index in [2.05, 4.69) is 20.7 Å². The number of esters is 1. The van der Waals surface area contributed by atoms with Crippen LogP contribution >= 0.6 is 0 Å². The summed E-state index contributed by atoms with van der Waals surface area (Å²) in [6, 6.07) is 28.3. The largest absolute Gasteiger partial charge is 0.469 e. The number of methoxy groups -OCH3 is 7. The van der Waals surface area contributed by atoms with Gasteiger partial charge in [0.05, 0.1) is 77.2 Å². The normalized spacial score (nSPS) is 27.6. The lowest BCUT2D eigenvalue weighted by Crippen LogP contribution is -2.64. The van der Waals surface area contributed by atoms with Gasteiger partial charge in [0.25, 0.3) is 0 Å². The van der Waals surface area contributed by atoms with Crippen LogP contribution in [-0.4, -0.2) is 220 Å². The first-order valence-electron chi connectivity index (χ1n) is 27.8. The average molecular weight is 1200 g/mol. The Labute approximate surface area is 495 Å². The maximum atomic E-state index is 14.6. The van der Waals surface area contributed by atoms with Gasteiger partial charge in [0, 0.05) is 60.7 Å². The lowest BCUT2D eigenvalue weighted by Gasteiger charge is -2.47. The lowest BCUT2D eigenvalue weighted by atomic mass is 9.91. The quantitative estimate of drug-likeness (QED) is 0.0269. The second-order valence-corrected chi connectivity index (χ2v) is 19.9. The number of nitrogens with one attached hydrogen (secondary N) is 2. The average Bonchev–Trinajstić information content (AvgIpc) is 3.72. The molecular formula is C58H83N5O22. The smallest absolute Gasteiger partial charge is 0.308 e. The first kappa shape index (κ1) is 68.8. The SMILES string of the molecule is COCO[C@@H]1[C@@H](OCc2ccccc2)[C@H](OCOC)[C@@H](CN=[N+]=[N-])O[C@@H]1CC(=O)NC[C@H]1O[C@H](CC(=O)NC[C@H]2O[C@H](CC(=O)OC)[C@H](OCOC)[C@@H](OCc3ccccc3)[C@@H]2OCOC)[C@H](OCOC)[C@@H](OCc2ccccc2)[C@@H]1OCOC. The van der Waals surface area contributed by atoms with E-state index in [0.717, 1.165) is 16.7 Å². The maximum absolute atomic E-state index is 14.6. The van der Waals surface area contributed by atoms with Gasteiger partial charge in [-0.3, -0.25) is 14.4 Å². The molecule has 2 amide bonds. The Bertz CT molecular complexity index is 2390. The Kier molecular flexibility index (Phi) is 31.3. The molecule has 0 bridgehead atoms. The molecule has 3 aromatic rings. The van der Waals surface area contributed by atoms with Crippen LogP contribution < -0.4 is 10.6 Å². The molecule has 85 heavy (non-hydrogen) atoms. The van der Waals surface area contributed by atoms with Crippen molar-refractivity contribution in [3.63, 3.8) is 0 Å². The molecule has 0 saturated carbocycles. The van der Waals surface area contributed by atoms with Gasteiger partial charge < -0.3 is 101 Å². The second kappa shape index (κ2) is 38.7. The van der Waals surface area contributed by atoms with Crippen molar-refractivity contribution < 1.29 is 104 Å². The fourth-order valence-corrected chi connectivity index (χ4v) is 10.2. The summed E-state index contributed by atoms with van der Waals surface area (Å²) < 4.78 is 114. The molecule has 0 unspecified atom stereocenters. The fraction of sp³-hybridized carbons (Fsp3) is 0.638. The fourth-order valence-electron chi connectivity index (χ4n) is 10.2. The van der Waals surface area contributed by atoms with Gasteiger partial charge in [0.15, 0.2) is 0 Å². The highest BCUT2D eigenvalue weighted by Gasteiger charge is 2.52. The molecule has 15 atom stereocenters. The number of ether oxygens (including phenoxy) is 19. The molecule has 27 nitrogen and oxygen atoms in total. The topological polar surface area (TPSA) is 299 Å². The zero-order valence-corrected chi connectivity index (χ0v) is 49.3. The summed E-state index contributed by atoms with van der Waals surface area (Å²) in [4.78, 5) is 44.9. The third-order valence-corrected chi connectivity index (χ3v) is 14.0. The summed E-state index contributed by atoms with van der Waals surface area (Å²) in [5, 5.41) is 9.77. The van der Waals surface area contributed by atoms with E-state index in [1.165, 1.54) is 49.8 Å². The molecule has 0 aromatic heterocycles. The van der Waals surface area contributed by atoms with Crippen molar-refractivity contribution in [2.24, 2.45) is 5.11 Å². The zero-order chi connectivity index (χ0) is 60.6. The van der Waals surface area contributed by atoms with E-state index in [9.17, 15) is 19.9 Å². The van der Waals surface area contributed by atoms with Crippen LogP contribution in [0.5, 0.6) is 0 Å². The van der Waals surface area contributed by atoms with E-state index in [1.807, 2.05) is 91.0 Å². The first-order chi connectivity index (χ1) is 41.6. The second-order valence-electron chi connectivity index (χ2n) is 19.9. The number of azide groups is 1. The molecule has 27 heteroatoms. The highest BCUT2D eigenvalue weighted by Crippen LogP contribution is 2.35. The maximum Gasteiger partial charge on any atom is 0.308 e. The van der Waals surface area contributed by atoms with Crippen LogP contribution in [0.25, 0.3) is 10.4 Å². The summed E-state index contributed by atoms with van der Waals surface area (Å²) in [5.41, 5.74) is 11.9. The molecule has 0 aliphatic carbocycles. The molecule has 3 aromatic carbocycles. The third kappa shape index (κ3) is 21.8. The Morgan fingerprint density at radius 1 is 0.412 bits per heavy atom. The molecule has 3 aliphatic heterocycles. The van der Waals surface area contributed by atoms with E-state index in [1.54, 1.807) is 0 Å². The Morgan fingerprint density at radius 2 is 0.706 bits per heavy atom. The van der Waals surface area contributed by atoms with E-state index < -0.39 is 109 Å². The molecular weight excluding hydrogens is 1120 g/mol. The summed E-state index contributed by atoms with van der Waals surface area (Å²) in [7, 11) is 10.0. The van der Waals surface area contributed by atoms with Crippen molar-refractivity contribution in [3.05, 3.63) is 118 Å². The third-order valence-electron chi connectivity index (χ3n) is 14.0. The van der Waals surface area contributed by atoms with Crippen LogP contribution in [0.3, 0.4) is 0 Å². The molecule has 0 radical (unpaired) electrons. The first-order valence-corrected chi connectivity index (χ1v) is 27.8. The molecule has 3 heterocycles. The van der Waals surface area contributed by atoms with Crippen molar-refractivity contribution in [2.75, 3.05) is 110 Å². The van der Waals surface area contributed by atoms with Crippen LogP contribution in [0, 0.1) is 0 Å². The van der Waals surface area contributed by atoms with Crippen molar-refractivity contribution >= 4 is 17.8 Å². The van der Waals surface area contributed by atoms with Crippen molar-refractivity contribution in [1.82, 2.24) is 10.6 Å². The number of nitrogens with zero attached hydrogens (tertiary/aromatic N) is 3. The zero-order valence-electron chi connectivity index (χ0n) is 49.3. The van der Waals surface area contributed by atoms with E-state index in [0.29, 0.717) is 0 Å². The van der Waals surface area contributed by atoms with Crippen molar-refractivity contribution in [3.8, 4) is 0 Å². The minimum Gasteiger partial charge on any atom is -0.469 e. The molecule has 472 valence electrons. The number of rotatable bonds is 39. The summed E-state index contributed by atoms with van der Waals surface area (Å²) in [6.45, 7) is -1.34. The van der Waals surface area contributed by atoms with Crippen LogP contribution in [0.1, 0.15) is 36.0 Å². The number of amides is 2. The number of carbonyl (C=O) groups excluding carboxylic acids is 3. The number of hydrogen-bond acceptors (Lipinski definition) is 23. The summed E-state index contributed by atoms with van der Waals surface area (Å²) in [5.74, 6) is -1.60. The Balaban J connectivity index is 1.27. The van der Waals surface area contributed by atoms with E-state index >= 15 is 0 Å². The van der Waals surface area contributed by atoms with Gasteiger partial charge >= 0.3 is 5.97 Å². The Morgan fingerprint density at radius 3 is 1.01 bits per heavy atom. The minimum atomic E-state index is -1.07.